The fourth-order valence-electron chi connectivity index (χ4n) is 1.57. The van der Waals surface area contributed by atoms with Crippen molar-refractivity contribution in [3.63, 3.8) is 0 Å². The molecule has 0 aliphatic heterocycles. The van der Waals surface area contributed by atoms with Crippen molar-refractivity contribution in [1.29, 1.82) is 0 Å². The molecule has 2 aromatic rings. The van der Waals surface area contributed by atoms with Gasteiger partial charge in [-0.05, 0) is 42.3 Å². The summed E-state index contributed by atoms with van der Waals surface area (Å²) in [5.74, 6) is -0.275. The highest BCUT2D eigenvalue weighted by atomic mass is 35.5. The second kappa shape index (κ2) is 4.14. The van der Waals surface area contributed by atoms with Crippen molar-refractivity contribution in [3.05, 3.63) is 52.8 Å². The number of anilines is 1. The lowest BCUT2D eigenvalue weighted by Gasteiger charge is -2.08. The number of nitrogens with two attached hydrogens (primary N) is 1. The van der Waals surface area contributed by atoms with Crippen LogP contribution in [-0.4, -0.2) is 0 Å². The van der Waals surface area contributed by atoms with Gasteiger partial charge in [-0.2, -0.15) is 0 Å². The fraction of sp³-hybridized carbons (Fsp3) is 0.0769. The highest BCUT2D eigenvalue weighted by Gasteiger charge is 2.06. The van der Waals surface area contributed by atoms with Crippen LogP contribution in [0.3, 0.4) is 0 Å². The minimum absolute atomic E-state index is 0.275. The van der Waals surface area contributed by atoms with E-state index >= 15 is 0 Å². The lowest BCUT2D eigenvalue weighted by Crippen LogP contribution is -1.91. The highest BCUT2D eigenvalue weighted by Crippen LogP contribution is 2.31. The van der Waals surface area contributed by atoms with Gasteiger partial charge in [0.1, 0.15) is 5.82 Å². The Morgan fingerprint density at radius 1 is 1.19 bits per heavy atom. The molecule has 0 aromatic heterocycles. The molecule has 0 bridgehead atoms. The summed E-state index contributed by atoms with van der Waals surface area (Å²) in [6.45, 7) is 1.90. The van der Waals surface area contributed by atoms with Gasteiger partial charge >= 0.3 is 0 Å². The van der Waals surface area contributed by atoms with Crippen LogP contribution in [-0.2, 0) is 0 Å². The zero-order valence-corrected chi connectivity index (χ0v) is 9.55. The first-order chi connectivity index (χ1) is 7.58. The average molecular weight is 236 g/mol. The molecule has 0 radical (unpaired) electrons. The Balaban J connectivity index is 2.60. The van der Waals surface area contributed by atoms with Gasteiger partial charge in [0.2, 0.25) is 0 Å². The second-order valence-electron chi connectivity index (χ2n) is 3.70. The lowest BCUT2D eigenvalue weighted by molar-refractivity contribution is 0.628. The quantitative estimate of drug-likeness (QED) is 0.742. The van der Waals surface area contributed by atoms with Gasteiger partial charge in [0.25, 0.3) is 0 Å². The molecule has 3 heteroatoms. The number of rotatable bonds is 1. The van der Waals surface area contributed by atoms with Crippen molar-refractivity contribution >= 4 is 17.3 Å². The molecule has 0 atom stereocenters. The normalized spacial score (nSPS) is 10.4. The van der Waals surface area contributed by atoms with Crippen LogP contribution in [0.15, 0.2) is 36.4 Å². The number of nitrogen functional groups attached to an aromatic ring is 1. The fourth-order valence-corrected chi connectivity index (χ4v) is 1.86. The van der Waals surface area contributed by atoms with Gasteiger partial charge in [-0.3, -0.25) is 0 Å². The molecular weight excluding hydrogens is 225 g/mol. The molecule has 0 saturated heterocycles. The topological polar surface area (TPSA) is 26.0 Å². The summed E-state index contributed by atoms with van der Waals surface area (Å²) < 4.78 is 13.1. The second-order valence-corrected chi connectivity index (χ2v) is 4.11. The summed E-state index contributed by atoms with van der Waals surface area (Å²) in [6, 6.07) is 9.90. The highest BCUT2D eigenvalue weighted by molar-refractivity contribution is 6.33. The smallest absolute Gasteiger partial charge is 0.123 e. The molecule has 0 heterocycles. The van der Waals surface area contributed by atoms with Crippen molar-refractivity contribution in [2.45, 2.75) is 6.92 Å². The van der Waals surface area contributed by atoms with Crippen molar-refractivity contribution in [2.75, 3.05) is 5.73 Å². The standard InChI is InChI=1S/C13H11ClFN/c1-8-5-11(12(14)7-13(8)16)9-3-2-4-10(15)6-9/h2-7H,16H2,1H3. The molecule has 0 aliphatic rings. The van der Waals surface area contributed by atoms with E-state index in [4.69, 9.17) is 17.3 Å². The number of hydrogen-bond acceptors (Lipinski definition) is 1. The predicted molar refractivity (Wildman–Crippen MR) is 66.0 cm³/mol. The van der Waals surface area contributed by atoms with E-state index in [2.05, 4.69) is 0 Å². The van der Waals surface area contributed by atoms with Crippen molar-refractivity contribution in [2.24, 2.45) is 0 Å². The maximum Gasteiger partial charge on any atom is 0.123 e. The Bertz CT molecular complexity index is 537. The van der Waals surface area contributed by atoms with Crippen molar-refractivity contribution < 1.29 is 4.39 Å². The zero-order valence-electron chi connectivity index (χ0n) is 8.80. The molecule has 1 nitrogen and oxygen atoms in total. The Morgan fingerprint density at radius 3 is 2.62 bits per heavy atom. The van der Waals surface area contributed by atoms with Gasteiger partial charge in [0, 0.05) is 11.3 Å². The van der Waals surface area contributed by atoms with Gasteiger partial charge in [-0.25, -0.2) is 4.39 Å². The average Bonchev–Trinajstić information content (AvgIpc) is 2.23. The van der Waals surface area contributed by atoms with E-state index < -0.39 is 0 Å². The largest absolute Gasteiger partial charge is 0.398 e. The van der Waals surface area contributed by atoms with Gasteiger partial charge in [-0.15, -0.1) is 0 Å². The van der Waals surface area contributed by atoms with Crippen LogP contribution in [0.25, 0.3) is 11.1 Å². The van der Waals surface area contributed by atoms with Crippen LogP contribution in [0.2, 0.25) is 5.02 Å². The molecule has 2 rings (SSSR count). The van der Waals surface area contributed by atoms with E-state index in [1.165, 1.54) is 12.1 Å². The van der Waals surface area contributed by atoms with E-state index in [0.29, 0.717) is 10.7 Å². The summed E-state index contributed by atoms with van der Waals surface area (Å²) in [5.41, 5.74) is 8.87. The monoisotopic (exact) mass is 235 g/mol. The van der Waals surface area contributed by atoms with Crippen LogP contribution < -0.4 is 5.73 Å². The number of benzene rings is 2. The number of aryl methyl sites for hydroxylation is 1. The van der Waals surface area contributed by atoms with Crippen LogP contribution >= 0.6 is 11.6 Å². The molecule has 2 N–H and O–H groups in total. The third-order valence-corrected chi connectivity index (χ3v) is 2.80. The third kappa shape index (κ3) is 2.02. The minimum atomic E-state index is -0.275. The SMILES string of the molecule is Cc1cc(-c2cccc(F)c2)c(Cl)cc1N. The molecule has 0 amide bonds. The van der Waals surface area contributed by atoms with Gasteiger partial charge in [0.15, 0.2) is 0 Å². The summed E-state index contributed by atoms with van der Waals surface area (Å²) in [5, 5.41) is 0.536. The molecule has 0 unspecified atom stereocenters. The first kappa shape index (κ1) is 11.0. The minimum Gasteiger partial charge on any atom is -0.398 e. The van der Waals surface area contributed by atoms with Crippen molar-refractivity contribution in [3.8, 4) is 11.1 Å². The molecule has 82 valence electrons. The first-order valence-electron chi connectivity index (χ1n) is 4.89. The van der Waals surface area contributed by atoms with E-state index in [9.17, 15) is 4.39 Å². The predicted octanol–water partition coefficient (Wildman–Crippen LogP) is 4.04. The number of halogens is 2. The van der Waals surface area contributed by atoms with E-state index in [1.54, 1.807) is 12.1 Å². The van der Waals surface area contributed by atoms with Crippen molar-refractivity contribution in [1.82, 2.24) is 0 Å². The molecule has 16 heavy (non-hydrogen) atoms. The summed E-state index contributed by atoms with van der Waals surface area (Å²) in [4.78, 5) is 0. The maximum atomic E-state index is 13.1. The molecule has 0 spiro atoms. The van der Waals surface area contributed by atoms with Crippen LogP contribution in [0, 0.1) is 12.7 Å². The Hall–Kier alpha value is -1.54. The Labute approximate surface area is 98.7 Å². The summed E-state index contributed by atoms with van der Waals surface area (Å²) >= 11 is 6.09. The Kier molecular flexibility index (Phi) is 2.84. The third-order valence-electron chi connectivity index (χ3n) is 2.49. The van der Waals surface area contributed by atoms with E-state index in [-0.39, 0.29) is 5.82 Å². The molecule has 2 aromatic carbocycles. The van der Waals surface area contributed by atoms with Gasteiger partial charge < -0.3 is 5.73 Å². The van der Waals surface area contributed by atoms with Crippen LogP contribution in [0.1, 0.15) is 5.56 Å². The first-order valence-corrected chi connectivity index (χ1v) is 5.27. The molecule has 0 saturated carbocycles. The molecule has 0 fully saturated rings. The van der Waals surface area contributed by atoms with Crippen LogP contribution in [0.4, 0.5) is 10.1 Å². The van der Waals surface area contributed by atoms with Crippen LogP contribution in [0.5, 0.6) is 0 Å². The summed E-state index contributed by atoms with van der Waals surface area (Å²) in [7, 11) is 0. The Morgan fingerprint density at radius 2 is 1.94 bits per heavy atom. The van der Waals surface area contributed by atoms with E-state index in [1.807, 2.05) is 19.1 Å². The lowest BCUT2D eigenvalue weighted by atomic mass is 10.0. The van der Waals surface area contributed by atoms with E-state index in [0.717, 1.165) is 16.7 Å². The maximum absolute atomic E-state index is 13.1. The number of hydrogen-bond donors (Lipinski definition) is 1. The molecule has 0 aliphatic carbocycles. The van der Waals surface area contributed by atoms with Gasteiger partial charge in [0.05, 0.1) is 5.02 Å². The van der Waals surface area contributed by atoms with Gasteiger partial charge in [-0.1, -0.05) is 23.7 Å². The summed E-state index contributed by atoms with van der Waals surface area (Å²) in [6.07, 6.45) is 0. The molecular formula is C13H11ClFN. The zero-order chi connectivity index (χ0) is 11.7.